The smallest absolute Gasteiger partial charge is 0.271 e. The summed E-state index contributed by atoms with van der Waals surface area (Å²) in [5.41, 5.74) is 4.08. The number of phenolic OH excluding ortho intramolecular Hbond substituents is 1. The molecule has 9 nitrogen and oxygen atoms in total. The average Bonchev–Trinajstić information content (AvgIpc) is 3.29. The Labute approximate surface area is 218 Å². The summed E-state index contributed by atoms with van der Waals surface area (Å²) in [5, 5.41) is 14.1. The number of phenols is 1. The molecule has 0 aromatic heterocycles. The molecule has 37 heavy (non-hydrogen) atoms. The van der Waals surface area contributed by atoms with Gasteiger partial charge in [-0.15, -0.1) is 0 Å². The van der Waals surface area contributed by atoms with Crippen LogP contribution in [0.5, 0.6) is 5.75 Å². The molecule has 1 amide bonds. The molecular weight excluding hydrogens is 492 g/mol. The summed E-state index contributed by atoms with van der Waals surface area (Å²) in [6.45, 7) is 9.21. The van der Waals surface area contributed by atoms with E-state index in [1.165, 1.54) is 33.3 Å². The van der Waals surface area contributed by atoms with Gasteiger partial charge in [-0.2, -0.15) is 4.31 Å². The van der Waals surface area contributed by atoms with Crippen molar-refractivity contribution in [1.29, 1.82) is 0 Å². The number of carbonyl (C=O) groups excluding carboxylic acids is 1. The largest absolute Gasteiger partial charge is 0.508 e. The van der Waals surface area contributed by atoms with Crippen molar-refractivity contribution in [2.75, 3.05) is 44.2 Å². The standard InChI is InChI=1S/C27H34N4O5S/c1-19-4-7-24(21(3)16-19)29-12-14-30(15-13-29)26(33)23-18-27(36-28-23)8-10-31(11-9-27)37(34,35)22-6-5-20(2)25(32)17-22/h4-7,16-17,32H,8-15,18H2,1-3H3. The summed E-state index contributed by atoms with van der Waals surface area (Å²) in [4.78, 5) is 23.2. The van der Waals surface area contributed by atoms with Gasteiger partial charge in [0.2, 0.25) is 10.0 Å². The fourth-order valence-electron chi connectivity index (χ4n) is 5.43. The second kappa shape index (κ2) is 9.64. The number of piperidine rings is 1. The zero-order valence-electron chi connectivity index (χ0n) is 21.6. The predicted molar refractivity (Wildman–Crippen MR) is 141 cm³/mol. The van der Waals surface area contributed by atoms with Crippen molar-refractivity contribution in [2.45, 2.75) is 50.5 Å². The summed E-state index contributed by atoms with van der Waals surface area (Å²) in [6.07, 6.45) is 1.29. The maximum absolute atomic E-state index is 13.2. The highest BCUT2D eigenvalue weighted by Gasteiger charge is 2.46. The lowest BCUT2D eigenvalue weighted by Gasteiger charge is -2.37. The normalized spacial score (nSPS) is 20.1. The first-order chi connectivity index (χ1) is 17.6. The quantitative estimate of drug-likeness (QED) is 0.657. The molecule has 0 radical (unpaired) electrons. The Balaban J connectivity index is 1.16. The summed E-state index contributed by atoms with van der Waals surface area (Å²) in [5.74, 6) is -0.137. The highest BCUT2D eigenvalue weighted by atomic mass is 32.2. The number of nitrogens with zero attached hydrogens (tertiary/aromatic N) is 4. The third-order valence-electron chi connectivity index (χ3n) is 7.80. The van der Waals surface area contributed by atoms with E-state index in [2.05, 4.69) is 42.1 Å². The molecule has 10 heteroatoms. The van der Waals surface area contributed by atoms with Gasteiger partial charge in [0.15, 0.2) is 0 Å². The maximum Gasteiger partial charge on any atom is 0.271 e. The van der Waals surface area contributed by atoms with Gasteiger partial charge in [-0.1, -0.05) is 28.9 Å². The van der Waals surface area contributed by atoms with Crippen LogP contribution in [0, 0.1) is 20.8 Å². The van der Waals surface area contributed by atoms with Gasteiger partial charge in [0.1, 0.15) is 17.1 Å². The second-order valence-electron chi connectivity index (χ2n) is 10.4. The fraction of sp³-hybridized carbons (Fsp3) is 0.481. The second-order valence-corrected chi connectivity index (χ2v) is 12.3. The Morgan fingerprint density at radius 3 is 2.30 bits per heavy atom. The Hall–Kier alpha value is -3.11. The third kappa shape index (κ3) is 4.92. The fourth-order valence-corrected chi connectivity index (χ4v) is 6.89. The Morgan fingerprint density at radius 2 is 1.65 bits per heavy atom. The molecule has 5 rings (SSSR count). The Bertz CT molecular complexity index is 1340. The number of oxime groups is 1. The first kappa shape index (κ1) is 25.5. The summed E-state index contributed by atoms with van der Waals surface area (Å²) in [6, 6.07) is 10.8. The van der Waals surface area contributed by atoms with Gasteiger partial charge in [0.25, 0.3) is 5.91 Å². The summed E-state index contributed by atoms with van der Waals surface area (Å²) >= 11 is 0. The number of sulfonamides is 1. The van der Waals surface area contributed by atoms with E-state index in [4.69, 9.17) is 4.84 Å². The molecular formula is C27H34N4O5S. The molecule has 2 saturated heterocycles. The molecule has 2 aromatic rings. The van der Waals surface area contributed by atoms with Crippen LogP contribution in [0.25, 0.3) is 0 Å². The minimum absolute atomic E-state index is 0.0416. The molecule has 3 heterocycles. The van der Waals surface area contributed by atoms with Gasteiger partial charge in [-0.25, -0.2) is 8.42 Å². The van der Waals surface area contributed by atoms with E-state index in [0.29, 0.717) is 43.6 Å². The van der Waals surface area contributed by atoms with Crippen LogP contribution >= 0.6 is 0 Å². The van der Waals surface area contributed by atoms with Crippen LogP contribution in [0.2, 0.25) is 0 Å². The highest BCUT2D eigenvalue weighted by molar-refractivity contribution is 7.89. The molecule has 2 aromatic carbocycles. The van der Waals surface area contributed by atoms with Crippen molar-refractivity contribution in [2.24, 2.45) is 5.16 Å². The topological polar surface area (TPSA) is 103 Å². The van der Waals surface area contributed by atoms with Crippen molar-refractivity contribution in [1.82, 2.24) is 9.21 Å². The van der Waals surface area contributed by atoms with Crippen LogP contribution in [-0.4, -0.2) is 79.2 Å². The van der Waals surface area contributed by atoms with E-state index in [9.17, 15) is 18.3 Å². The average molecular weight is 527 g/mol. The van der Waals surface area contributed by atoms with Crippen LogP contribution in [0.3, 0.4) is 0 Å². The van der Waals surface area contributed by atoms with Crippen LogP contribution < -0.4 is 4.90 Å². The molecule has 0 aliphatic carbocycles. The monoisotopic (exact) mass is 526 g/mol. The number of carbonyl (C=O) groups is 1. The van der Waals surface area contributed by atoms with Crippen molar-refractivity contribution in [3.8, 4) is 5.75 Å². The zero-order chi connectivity index (χ0) is 26.4. The van der Waals surface area contributed by atoms with E-state index in [0.717, 1.165) is 13.1 Å². The number of hydrogen-bond acceptors (Lipinski definition) is 7. The van der Waals surface area contributed by atoms with Crippen molar-refractivity contribution in [3.63, 3.8) is 0 Å². The number of anilines is 1. The van der Waals surface area contributed by atoms with E-state index in [1.807, 2.05) is 4.90 Å². The van der Waals surface area contributed by atoms with Crippen LogP contribution in [0.1, 0.15) is 36.0 Å². The lowest BCUT2D eigenvalue weighted by Crippen LogP contribution is -2.51. The van der Waals surface area contributed by atoms with E-state index >= 15 is 0 Å². The third-order valence-corrected chi connectivity index (χ3v) is 9.69. The van der Waals surface area contributed by atoms with E-state index < -0.39 is 15.6 Å². The lowest BCUT2D eigenvalue weighted by atomic mass is 9.87. The predicted octanol–water partition coefficient (Wildman–Crippen LogP) is 2.97. The number of benzene rings is 2. The van der Waals surface area contributed by atoms with Gasteiger partial charge in [-0.3, -0.25) is 4.79 Å². The minimum atomic E-state index is -3.73. The van der Waals surface area contributed by atoms with Crippen LogP contribution in [0.15, 0.2) is 46.4 Å². The van der Waals surface area contributed by atoms with E-state index in [-0.39, 0.29) is 29.6 Å². The highest BCUT2D eigenvalue weighted by Crippen LogP contribution is 2.37. The number of piperazine rings is 1. The number of aromatic hydroxyl groups is 1. The Kier molecular flexibility index (Phi) is 6.66. The SMILES string of the molecule is Cc1ccc(N2CCN(C(=O)C3=NOC4(CCN(S(=O)(=O)c5ccc(C)c(O)c5)CC4)C3)CC2)c(C)c1. The molecule has 0 saturated carbocycles. The molecule has 1 spiro atoms. The Morgan fingerprint density at radius 1 is 0.946 bits per heavy atom. The number of hydrogen-bond donors (Lipinski definition) is 1. The minimum Gasteiger partial charge on any atom is -0.508 e. The molecule has 3 aliphatic rings. The molecule has 0 bridgehead atoms. The zero-order valence-corrected chi connectivity index (χ0v) is 22.4. The molecule has 3 aliphatic heterocycles. The van der Waals surface area contributed by atoms with Crippen molar-refractivity contribution >= 4 is 27.3 Å². The van der Waals surface area contributed by atoms with Crippen molar-refractivity contribution < 1.29 is 23.2 Å². The lowest BCUT2D eigenvalue weighted by molar-refractivity contribution is -0.124. The number of aryl methyl sites for hydroxylation is 3. The van der Waals surface area contributed by atoms with Crippen molar-refractivity contribution in [3.05, 3.63) is 53.1 Å². The van der Waals surface area contributed by atoms with Crippen LogP contribution in [0.4, 0.5) is 5.69 Å². The summed E-state index contributed by atoms with van der Waals surface area (Å²) in [7, 11) is -3.73. The molecule has 0 unspecified atom stereocenters. The van der Waals surface area contributed by atoms with Gasteiger partial charge in [-0.05, 0) is 44.0 Å². The molecule has 0 atom stereocenters. The first-order valence-electron chi connectivity index (χ1n) is 12.7. The molecule has 1 N–H and O–H groups in total. The van der Waals surface area contributed by atoms with Gasteiger partial charge in [0.05, 0.1) is 4.90 Å². The van der Waals surface area contributed by atoms with Gasteiger partial charge < -0.3 is 19.7 Å². The maximum atomic E-state index is 13.2. The molecule has 2 fully saturated rings. The molecule has 198 valence electrons. The number of amides is 1. The van der Waals surface area contributed by atoms with E-state index in [1.54, 1.807) is 13.0 Å². The number of rotatable bonds is 4. The van der Waals surface area contributed by atoms with Gasteiger partial charge >= 0.3 is 0 Å². The van der Waals surface area contributed by atoms with Crippen LogP contribution in [-0.2, 0) is 19.7 Å². The van der Waals surface area contributed by atoms with Gasteiger partial charge in [0, 0.05) is 70.3 Å². The summed E-state index contributed by atoms with van der Waals surface area (Å²) < 4.78 is 27.6. The first-order valence-corrected chi connectivity index (χ1v) is 14.2.